The molecule has 112 valence electrons. The minimum Gasteiger partial charge on any atom is -0.362 e. The predicted molar refractivity (Wildman–Crippen MR) is 83.2 cm³/mol. The van der Waals surface area contributed by atoms with Crippen molar-refractivity contribution in [3.05, 3.63) is 59.3 Å². The molecule has 2 aromatic rings. The Hall–Kier alpha value is -2.59. The summed E-state index contributed by atoms with van der Waals surface area (Å²) < 4.78 is 26.9. The molecule has 0 bridgehead atoms. The van der Waals surface area contributed by atoms with E-state index in [4.69, 9.17) is 17.5 Å². The number of nitrogens with one attached hydrogen (secondary N) is 2. The van der Waals surface area contributed by atoms with Crippen LogP contribution in [0.1, 0.15) is 11.1 Å². The Labute approximate surface area is 131 Å². The molecular formula is C15H12F2N4S. The van der Waals surface area contributed by atoms with E-state index in [-0.39, 0.29) is 23.6 Å². The van der Waals surface area contributed by atoms with Gasteiger partial charge in [-0.15, -0.1) is 0 Å². The van der Waals surface area contributed by atoms with Gasteiger partial charge in [0, 0.05) is 18.3 Å². The molecule has 2 rings (SSSR count). The zero-order valence-electron chi connectivity index (χ0n) is 11.4. The van der Waals surface area contributed by atoms with Gasteiger partial charge in [0.05, 0.1) is 5.56 Å². The lowest BCUT2D eigenvalue weighted by atomic mass is 10.1. The van der Waals surface area contributed by atoms with Crippen LogP contribution in [0.4, 0.5) is 14.6 Å². The summed E-state index contributed by atoms with van der Waals surface area (Å²) >= 11 is 5.07. The number of aromatic nitrogens is 1. The number of pyridine rings is 1. The fourth-order valence-corrected chi connectivity index (χ4v) is 2.02. The van der Waals surface area contributed by atoms with Gasteiger partial charge in [0.15, 0.2) is 5.11 Å². The zero-order valence-corrected chi connectivity index (χ0v) is 12.3. The number of halogens is 2. The third-order valence-electron chi connectivity index (χ3n) is 2.88. The molecule has 7 heteroatoms. The Bertz CT molecular complexity index is 707. The molecule has 4 nitrogen and oxygen atoms in total. The molecule has 0 fully saturated rings. The van der Waals surface area contributed by atoms with E-state index in [9.17, 15) is 8.78 Å². The van der Waals surface area contributed by atoms with Crippen LogP contribution in [0.2, 0.25) is 0 Å². The van der Waals surface area contributed by atoms with Gasteiger partial charge in [0.1, 0.15) is 23.5 Å². The molecule has 0 saturated heterocycles. The second-order valence-corrected chi connectivity index (χ2v) is 4.75. The molecule has 1 heterocycles. The first-order valence-corrected chi connectivity index (χ1v) is 6.85. The predicted octanol–water partition coefficient (Wildman–Crippen LogP) is 2.76. The second kappa shape index (κ2) is 7.43. The standard InChI is InChI=1S/C15H12F2N4S/c16-12-4-1-5-13(17)11(12)6-8-20-15(22)21-14-10(9-18)3-2-7-19-14/h1-5,7H,6,8H2,(H2,19,20,21,22). The van der Waals surface area contributed by atoms with Gasteiger partial charge < -0.3 is 10.6 Å². The van der Waals surface area contributed by atoms with Crippen LogP contribution in [-0.2, 0) is 6.42 Å². The molecule has 22 heavy (non-hydrogen) atoms. The van der Waals surface area contributed by atoms with Crippen molar-refractivity contribution in [2.75, 3.05) is 11.9 Å². The Morgan fingerprint density at radius 1 is 1.23 bits per heavy atom. The van der Waals surface area contributed by atoms with Gasteiger partial charge in [0.25, 0.3) is 0 Å². The molecule has 0 amide bonds. The average Bonchev–Trinajstić information content (AvgIpc) is 2.51. The van der Waals surface area contributed by atoms with Gasteiger partial charge in [-0.25, -0.2) is 13.8 Å². The lowest BCUT2D eigenvalue weighted by Gasteiger charge is -2.11. The molecule has 1 aromatic heterocycles. The molecule has 0 radical (unpaired) electrons. The summed E-state index contributed by atoms with van der Waals surface area (Å²) in [5.74, 6) is -0.839. The number of nitrogens with zero attached hydrogens (tertiary/aromatic N) is 2. The van der Waals surface area contributed by atoms with Gasteiger partial charge in [-0.05, 0) is 42.9 Å². The van der Waals surface area contributed by atoms with Crippen LogP contribution in [0.3, 0.4) is 0 Å². The largest absolute Gasteiger partial charge is 0.362 e. The van der Waals surface area contributed by atoms with Crippen LogP contribution in [0.15, 0.2) is 36.5 Å². The fourth-order valence-electron chi connectivity index (χ4n) is 1.82. The van der Waals surface area contributed by atoms with E-state index in [0.717, 1.165) is 0 Å². The van der Waals surface area contributed by atoms with Crippen LogP contribution in [0.25, 0.3) is 0 Å². The highest BCUT2D eigenvalue weighted by atomic mass is 32.1. The number of benzene rings is 1. The number of thiocarbonyl (C=S) groups is 1. The molecule has 0 spiro atoms. The van der Waals surface area contributed by atoms with Crippen molar-refractivity contribution < 1.29 is 8.78 Å². The highest BCUT2D eigenvalue weighted by Crippen LogP contribution is 2.12. The molecule has 0 aliphatic carbocycles. The SMILES string of the molecule is N#Cc1cccnc1NC(=S)NCCc1c(F)cccc1F. The Morgan fingerprint density at radius 3 is 2.64 bits per heavy atom. The van der Waals surface area contributed by atoms with Crippen molar-refractivity contribution in [3.8, 4) is 6.07 Å². The van der Waals surface area contributed by atoms with Crippen LogP contribution in [0.5, 0.6) is 0 Å². The van der Waals surface area contributed by atoms with Crippen LogP contribution >= 0.6 is 12.2 Å². The molecule has 0 unspecified atom stereocenters. The van der Waals surface area contributed by atoms with Crippen molar-refractivity contribution >= 4 is 23.1 Å². The van der Waals surface area contributed by atoms with E-state index >= 15 is 0 Å². The van der Waals surface area contributed by atoms with Crippen LogP contribution in [-0.4, -0.2) is 16.6 Å². The van der Waals surface area contributed by atoms with Crippen molar-refractivity contribution in [1.29, 1.82) is 5.26 Å². The van der Waals surface area contributed by atoms with E-state index in [2.05, 4.69) is 15.6 Å². The summed E-state index contributed by atoms with van der Waals surface area (Å²) in [7, 11) is 0. The van der Waals surface area contributed by atoms with Crippen LogP contribution < -0.4 is 10.6 Å². The number of hydrogen-bond acceptors (Lipinski definition) is 3. The first kappa shape index (κ1) is 15.8. The number of rotatable bonds is 4. The summed E-state index contributed by atoms with van der Waals surface area (Å²) in [6, 6.07) is 8.97. The molecule has 1 aromatic carbocycles. The highest BCUT2D eigenvalue weighted by Gasteiger charge is 2.09. The fraction of sp³-hybridized carbons (Fsp3) is 0.133. The smallest absolute Gasteiger partial charge is 0.171 e. The Balaban J connectivity index is 1.90. The lowest BCUT2D eigenvalue weighted by molar-refractivity contribution is 0.553. The monoisotopic (exact) mass is 318 g/mol. The zero-order chi connectivity index (χ0) is 15.9. The summed E-state index contributed by atoms with van der Waals surface area (Å²) in [5, 5.41) is 14.8. The van der Waals surface area contributed by atoms with Gasteiger partial charge in [-0.3, -0.25) is 0 Å². The van der Waals surface area contributed by atoms with E-state index in [0.29, 0.717) is 11.4 Å². The van der Waals surface area contributed by atoms with Crippen LogP contribution in [0, 0.1) is 23.0 Å². The first-order chi connectivity index (χ1) is 10.6. The van der Waals surface area contributed by atoms with E-state index < -0.39 is 11.6 Å². The minimum absolute atomic E-state index is 0.00773. The second-order valence-electron chi connectivity index (χ2n) is 4.34. The first-order valence-electron chi connectivity index (χ1n) is 6.44. The number of anilines is 1. The molecular weight excluding hydrogens is 306 g/mol. The quantitative estimate of drug-likeness (QED) is 0.849. The Morgan fingerprint density at radius 2 is 1.95 bits per heavy atom. The van der Waals surface area contributed by atoms with Gasteiger partial charge in [0.2, 0.25) is 0 Å². The molecule has 0 aliphatic heterocycles. The normalized spacial score (nSPS) is 9.86. The average molecular weight is 318 g/mol. The summed E-state index contributed by atoms with van der Waals surface area (Å²) in [5.41, 5.74) is 0.361. The maximum absolute atomic E-state index is 13.5. The van der Waals surface area contributed by atoms with Crippen molar-refractivity contribution in [3.63, 3.8) is 0 Å². The van der Waals surface area contributed by atoms with Crippen molar-refractivity contribution in [2.24, 2.45) is 0 Å². The topological polar surface area (TPSA) is 60.7 Å². The number of nitriles is 1. The van der Waals surface area contributed by atoms with Gasteiger partial charge >= 0.3 is 0 Å². The third kappa shape index (κ3) is 3.96. The van der Waals surface area contributed by atoms with E-state index in [1.54, 1.807) is 12.1 Å². The van der Waals surface area contributed by atoms with E-state index in [1.165, 1.54) is 24.4 Å². The van der Waals surface area contributed by atoms with Gasteiger partial charge in [-0.1, -0.05) is 6.07 Å². The molecule has 0 atom stereocenters. The third-order valence-corrected chi connectivity index (χ3v) is 3.13. The molecule has 2 N–H and O–H groups in total. The highest BCUT2D eigenvalue weighted by molar-refractivity contribution is 7.80. The minimum atomic E-state index is -0.586. The summed E-state index contributed by atoms with van der Waals surface area (Å²) in [6.07, 6.45) is 1.67. The summed E-state index contributed by atoms with van der Waals surface area (Å²) in [4.78, 5) is 4.00. The van der Waals surface area contributed by atoms with Crippen molar-refractivity contribution in [2.45, 2.75) is 6.42 Å². The molecule has 0 saturated carbocycles. The maximum Gasteiger partial charge on any atom is 0.171 e. The van der Waals surface area contributed by atoms with Gasteiger partial charge in [-0.2, -0.15) is 5.26 Å². The Kier molecular flexibility index (Phi) is 5.33. The maximum atomic E-state index is 13.5. The number of hydrogen-bond donors (Lipinski definition) is 2. The van der Waals surface area contributed by atoms with Crippen molar-refractivity contribution in [1.82, 2.24) is 10.3 Å². The summed E-state index contributed by atoms with van der Waals surface area (Å²) in [6.45, 7) is 0.248. The lowest BCUT2D eigenvalue weighted by Crippen LogP contribution is -2.31. The van der Waals surface area contributed by atoms with E-state index in [1.807, 2.05) is 6.07 Å². The molecule has 0 aliphatic rings.